The molecule has 94 valence electrons. The number of nitrogens with zero attached hydrogens (tertiary/aromatic N) is 1. The van der Waals surface area contributed by atoms with Gasteiger partial charge in [-0.1, -0.05) is 42.5 Å². The Morgan fingerprint density at radius 3 is 2.53 bits per heavy atom. The van der Waals surface area contributed by atoms with E-state index in [1.54, 1.807) is 0 Å². The normalized spacial score (nSPS) is 11.8. The Hall–Kier alpha value is -1.26. The zero-order valence-corrected chi connectivity index (χ0v) is 9.60. The molecule has 1 aromatic carbocycles. The summed E-state index contributed by atoms with van der Waals surface area (Å²) in [5, 5.41) is 8.76. The highest BCUT2D eigenvalue weighted by Crippen LogP contribution is 2.02. The van der Waals surface area contributed by atoms with Gasteiger partial charge >= 0.3 is 0 Å². The Labute approximate surface area is 100 Å². The topological polar surface area (TPSA) is 23.5 Å². The van der Waals surface area contributed by atoms with Crippen LogP contribution < -0.4 is 0 Å². The molecule has 0 aliphatic carbocycles. The maximum absolute atomic E-state index is 12.2. The van der Waals surface area contributed by atoms with E-state index in [2.05, 4.69) is 0 Å². The second-order valence-corrected chi connectivity index (χ2v) is 3.69. The highest BCUT2D eigenvalue weighted by Gasteiger charge is 2.09. The van der Waals surface area contributed by atoms with Gasteiger partial charge in [-0.3, -0.25) is 4.90 Å². The molecule has 2 nitrogen and oxygen atoms in total. The van der Waals surface area contributed by atoms with Crippen molar-refractivity contribution in [2.75, 3.05) is 26.2 Å². The van der Waals surface area contributed by atoms with E-state index < -0.39 is 6.43 Å². The van der Waals surface area contributed by atoms with E-state index in [0.29, 0.717) is 6.54 Å². The van der Waals surface area contributed by atoms with Crippen molar-refractivity contribution < 1.29 is 13.9 Å². The Morgan fingerprint density at radius 2 is 1.94 bits per heavy atom. The molecule has 1 aromatic rings. The standard InChI is InChI=1S/C13H17F2NO/c14-13(15)11-16(9-10-17)8-4-7-12-5-2-1-3-6-12/h1-7,13,17H,8-11H2/b7-4+. The van der Waals surface area contributed by atoms with E-state index in [1.807, 2.05) is 42.5 Å². The molecule has 0 saturated carbocycles. The lowest BCUT2D eigenvalue weighted by molar-refractivity contribution is 0.0845. The molecule has 0 spiro atoms. The molecular weight excluding hydrogens is 224 g/mol. The van der Waals surface area contributed by atoms with Crippen LogP contribution in [-0.2, 0) is 0 Å². The molecule has 0 aromatic heterocycles. The van der Waals surface area contributed by atoms with Gasteiger partial charge in [0.1, 0.15) is 0 Å². The first kappa shape index (κ1) is 13.8. The van der Waals surface area contributed by atoms with Crippen LogP contribution in [0.3, 0.4) is 0 Å². The van der Waals surface area contributed by atoms with Gasteiger partial charge in [-0.25, -0.2) is 8.78 Å². The third-order valence-electron chi connectivity index (χ3n) is 2.29. The molecular formula is C13H17F2NO. The van der Waals surface area contributed by atoms with Crippen LogP contribution in [0.4, 0.5) is 8.78 Å². The molecule has 0 heterocycles. The van der Waals surface area contributed by atoms with Gasteiger partial charge in [-0.05, 0) is 5.56 Å². The molecule has 0 amide bonds. The first-order valence-electron chi connectivity index (χ1n) is 5.55. The van der Waals surface area contributed by atoms with Crippen LogP contribution in [0.2, 0.25) is 0 Å². The van der Waals surface area contributed by atoms with Crippen molar-refractivity contribution >= 4 is 6.08 Å². The van der Waals surface area contributed by atoms with Gasteiger partial charge in [0.05, 0.1) is 13.2 Å². The van der Waals surface area contributed by atoms with Crippen LogP contribution in [0.15, 0.2) is 36.4 Å². The van der Waals surface area contributed by atoms with Gasteiger partial charge in [-0.15, -0.1) is 0 Å². The van der Waals surface area contributed by atoms with E-state index in [9.17, 15) is 8.78 Å². The quantitative estimate of drug-likeness (QED) is 0.791. The van der Waals surface area contributed by atoms with Crippen molar-refractivity contribution in [2.45, 2.75) is 6.43 Å². The minimum absolute atomic E-state index is 0.105. The first-order chi connectivity index (χ1) is 8.22. The minimum Gasteiger partial charge on any atom is -0.395 e. The van der Waals surface area contributed by atoms with Crippen molar-refractivity contribution in [1.29, 1.82) is 0 Å². The Bertz CT molecular complexity index is 327. The highest BCUT2D eigenvalue weighted by molar-refractivity contribution is 5.48. The van der Waals surface area contributed by atoms with E-state index in [0.717, 1.165) is 5.56 Å². The predicted octanol–water partition coefficient (Wildman–Crippen LogP) is 2.26. The van der Waals surface area contributed by atoms with E-state index in [4.69, 9.17) is 5.11 Å². The van der Waals surface area contributed by atoms with Gasteiger partial charge in [0.2, 0.25) is 0 Å². The van der Waals surface area contributed by atoms with Crippen LogP contribution in [-0.4, -0.2) is 42.7 Å². The summed E-state index contributed by atoms with van der Waals surface area (Å²) in [6, 6.07) is 9.65. The van der Waals surface area contributed by atoms with E-state index in [-0.39, 0.29) is 19.7 Å². The molecule has 0 bridgehead atoms. The Balaban J connectivity index is 2.43. The van der Waals surface area contributed by atoms with Crippen molar-refractivity contribution in [2.24, 2.45) is 0 Å². The summed E-state index contributed by atoms with van der Waals surface area (Å²) in [5.74, 6) is 0. The maximum Gasteiger partial charge on any atom is 0.251 e. The van der Waals surface area contributed by atoms with Crippen molar-refractivity contribution in [3.63, 3.8) is 0 Å². The van der Waals surface area contributed by atoms with E-state index >= 15 is 0 Å². The smallest absolute Gasteiger partial charge is 0.251 e. The molecule has 4 heteroatoms. The van der Waals surface area contributed by atoms with Crippen molar-refractivity contribution in [3.8, 4) is 0 Å². The Morgan fingerprint density at radius 1 is 1.24 bits per heavy atom. The summed E-state index contributed by atoms with van der Waals surface area (Å²) in [7, 11) is 0. The second kappa shape index (κ2) is 7.92. The molecule has 17 heavy (non-hydrogen) atoms. The minimum atomic E-state index is -2.37. The molecule has 0 fully saturated rings. The predicted molar refractivity (Wildman–Crippen MR) is 65.0 cm³/mol. The van der Waals surface area contributed by atoms with Crippen LogP contribution in [0.25, 0.3) is 6.08 Å². The molecule has 0 unspecified atom stereocenters. The van der Waals surface area contributed by atoms with Crippen LogP contribution in [0.5, 0.6) is 0 Å². The van der Waals surface area contributed by atoms with Gasteiger partial charge in [0.15, 0.2) is 0 Å². The van der Waals surface area contributed by atoms with Crippen molar-refractivity contribution in [3.05, 3.63) is 42.0 Å². The third kappa shape index (κ3) is 6.14. The summed E-state index contributed by atoms with van der Waals surface area (Å²) in [4.78, 5) is 1.52. The zero-order valence-electron chi connectivity index (χ0n) is 9.60. The summed E-state index contributed by atoms with van der Waals surface area (Å²) in [6.45, 7) is 0.273. The molecule has 1 N–H and O–H groups in total. The lowest BCUT2D eigenvalue weighted by atomic mass is 10.2. The maximum atomic E-state index is 12.2. The molecule has 0 saturated heterocycles. The van der Waals surface area contributed by atoms with Gasteiger partial charge in [-0.2, -0.15) is 0 Å². The number of benzene rings is 1. The number of alkyl halides is 2. The fraction of sp³-hybridized carbons (Fsp3) is 0.385. The van der Waals surface area contributed by atoms with Gasteiger partial charge in [0, 0.05) is 13.1 Å². The fourth-order valence-corrected chi connectivity index (χ4v) is 1.50. The molecule has 0 aliphatic heterocycles. The number of hydrogen-bond acceptors (Lipinski definition) is 2. The summed E-state index contributed by atoms with van der Waals surface area (Å²) in [6.07, 6.45) is 1.34. The molecule has 0 atom stereocenters. The SMILES string of the molecule is OCCN(C/C=C/c1ccccc1)CC(F)F. The first-order valence-corrected chi connectivity index (χ1v) is 5.55. The average molecular weight is 241 g/mol. The number of rotatable bonds is 7. The molecule has 0 aliphatic rings. The van der Waals surface area contributed by atoms with Gasteiger partial charge < -0.3 is 5.11 Å². The number of aliphatic hydroxyl groups excluding tert-OH is 1. The number of aliphatic hydroxyl groups is 1. The Kier molecular flexibility index (Phi) is 6.43. The van der Waals surface area contributed by atoms with Crippen LogP contribution in [0.1, 0.15) is 5.56 Å². The largest absolute Gasteiger partial charge is 0.395 e. The third-order valence-corrected chi connectivity index (χ3v) is 2.29. The summed E-state index contributed by atoms with van der Waals surface area (Å²) in [5.41, 5.74) is 1.04. The van der Waals surface area contributed by atoms with Crippen LogP contribution in [0, 0.1) is 0 Å². The average Bonchev–Trinajstić information content (AvgIpc) is 2.30. The fourth-order valence-electron chi connectivity index (χ4n) is 1.50. The molecule has 1 rings (SSSR count). The lowest BCUT2D eigenvalue weighted by Gasteiger charge is -2.18. The van der Waals surface area contributed by atoms with Crippen molar-refractivity contribution in [1.82, 2.24) is 4.90 Å². The number of hydrogen-bond donors (Lipinski definition) is 1. The van der Waals surface area contributed by atoms with E-state index in [1.165, 1.54) is 4.90 Å². The second-order valence-electron chi connectivity index (χ2n) is 3.69. The molecule has 0 radical (unpaired) electrons. The summed E-state index contributed by atoms with van der Waals surface area (Å²) >= 11 is 0. The summed E-state index contributed by atoms with van der Waals surface area (Å²) < 4.78 is 24.4. The van der Waals surface area contributed by atoms with Gasteiger partial charge in [0.25, 0.3) is 6.43 Å². The highest BCUT2D eigenvalue weighted by atomic mass is 19.3. The monoisotopic (exact) mass is 241 g/mol. The van der Waals surface area contributed by atoms with Crippen LogP contribution >= 0.6 is 0 Å². The lowest BCUT2D eigenvalue weighted by Crippen LogP contribution is -2.31. The zero-order chi connectivity index (χ0) is 12.5. The number of halogens is 2.